The number of hydrogen-bond acceptors (Lipinski definition) is 6. The van der Waals surface area contributed by atoms with Crippen LogP contribution in [0.2, 0.25) is 0 Å². The molecule has 7 nitrogen and oxygen atoms in total. The first-order valence-corrected chi connectivity index (χ1v) is 9.84. The number of rotatable bonds is 8. The number of carbonyl (C=O) groups excluding carboxylic acids is 1. The van der Waals surface area contributed by atoms with E-state index in [1.807, 2.05) is 6.07 Å². The van der Waals surface area contributed by atoms with Crippen LogP contribution in [0.5, 0.6) is 11.5 Å². The first-order valence-electron chi connectivity index (χ1n) is 9.84. The fraction of sp³-hybridized carbons (Fsp3) is 0.409. The zero-order valence-corrected chi connectivity index (χ0v) is 17.0. The average molecular weight is 399 g/mol. The number of hydrogen-bond donors (Lipinski definition) is 2. The number of piperazine rings is 1. The van der Waals surface area contributed by atoms with Gasteiger partial charge in [-0.3, -0.25) is 9.69 Å². The zero-order valence-electron chi connectivity index (χ0n) is 17.0. The molecule has 0 aliphatic carbocycles. The summed E-state index contributed by atoms with van der Waals surface area (Å²) in [6, 6.07) is 15.6. The Morgan fingerprint density at radius 2 is 1.83 bits per heavy atom. The molecular weight excluding hydrogens is 370 g/mol. The lowest BCUT2D eigenvalue weighted by Crippen LogP contribution is -2.49. The Kier molecular flexibility index (Phi) is 7.32. The van der Waals surface area contributed by atoms with E-state index in [0.29, 0.717) is 23.7 Å². The maximum absolute atomic E-state index is 11.2. The van der Waals surface area contributed by atoms with Gasteiger partial charge in [-0.25, -0.2) is 0 Å². The molecule has 2 aromatic rings. The molecule has 1 aliphatic heterocycles. The maximum atomic E-state index is 11.2. The fourth-order valence-electron chi connectivity index (χ4n) is 3.43. The summed E-state index contributed by atoms with van der Waals surface area (Å²) in [5.74, 6) is 0.901. The number of benzene rings is 2. The zero-order chi connectivity index (χ0) is 20.6. The number of methoxy groups -OCH3 is 1. The smallest absolute Gasteiger partial charge is 0.221 e. The molecule has 7 heteroatoms. The summed E-state index contributed by atoms with van der Waals surface area (Å²) in [6.45, 7) is 5.88. The molecule has 29 heavy (non-hydrogen) atoms. The van der Waals surface area contributed by atoms with Crippen LogP contribution in [0.25, 0.3) is 0 Å². The van der Waals surface area contributed by atoms with Crippen molar-refractivity contribution < 1.29 is 19.4 Å². The molecule has 0 bridgehead atoms. The van der Waals surface area contributed by atoms with Gasteiger partial charge in [-0.05, 0) is 24.3 Å². The summed E-state index contributed by atoms with van der Waals surface area (Å²) in [5, 5.41) is 13.1. The number of aliphatic hydroxyl groups excluding tert-OH is 1. The number of carbonyl (C=O) groups is 1. The SMILES string of the molecule is COc1cc(NC(C)=O)ccc1OCC(O)CN1CCN(c2ccccc2)CC1. The predicted octanol–water partition coefficient (Wildman–Crippen LogP) is 2.22. The molecule has 2 aromatic carbocycles. The van der Waals surface area contributed by atoms with E-state index in [2.05, 4.69) is 39.4 Å². The van der Waals surface area contributed by atoms with E-state index in [0.717, 1.165) is 26.2 Å². The Balaban J connectivity index is 1.45. The van der Waals surface area contributed by atoms with Gasteiger partial charge in [0, 0.05) is 57.1 Å². The third-order valence-electron chi connectivity index (χ3n) is 4.88. The number of nitrogens with zero attached hydrogens (tertiary/aromatic N) is 2. The van der Waals surface area contributed by atoms with E-state index < -0.39 is 6.10 Å². The molecule has 1 heterocycles. The fourth-order valence-corrected chi connectivity index (χ4v) is 3.43. The molecule has 1 unspecified atom stereocenters. The first kappa shape index (κ1) is 21.0. The van der Waals surface area contributed by atoms with Crippen LogP contribution < -0.4 is 19.7 Å². The van der Waals surface area contributed by atoms with Gasteiger partial charge in [0.2, 0.25) is 5.91 Å². The Morgan fingerprint density at radius 1 is 1.10 bits per heavy atom. The van der Waals surface area contributed by atoms with Crippen LogP contribution in [-0.2, 0) is 4.79 Å². The molecule has 156 valence electrons. The molecule has 1 aliphatic rings. The molecule has 0 radical (unpaired) electrons. The Hall–Kier alpha value is -2.77. The highest BCUT2D eigenvalue weighted by atomic mass is 16.5. The number of aliphatic hydroxyl groups is 1. The van der Waals surface area contributed by atoms with E-state index in [1.165, 1.54) is 12.6 Å². The van der Waals surface area contributed by atoms with Crippen molar-refractivity contribution in [3.05, 3.63) is 48.5 Å². The molecule has 1 fully saturated rings. The lowest BCUT2D eigenvalue weighted by molar-refractivity contribution is -0.114. The summed E-state index contributed by atoms with van der Waals surface area (Å²) in [4.78, 5) is 15.8. The van der Waals surface area contributed by atoms with Gasteiger partial charge in [-0.15, -0.1) is 0 Å². The van der Waals surface area contributed by atoms with Gasteiger partial charge < -0.3 is 24.8 Å². The summed E-state index contributed by atoms with van der Waals surface area (Å²) >= 11 is 0. The molecule has 1 atom stereocenters. The number of amides is 1. The largest absolute Gasteiger partial charge is 0.493 e. The van der Waals surface area contributed by atoms with Gasteiger partial charge in [-0.2, -0.15) is 0 Å². The number of anilines is 2. The van der Waals surface area contributed by atoms with Gasteiger partial charge in [0.15, 0.2) is 11.5 Å². The molecule has 1 amide bonds. The quantitative estimate of drug-likeness (QED) is 0.709. The van der Waals surface area contributed by atoms with Crippen LogP contribution in [0.3, 0.4) is 0 Å². The van der Waals surface area contributed by atoms with Crippen molar-refractivity contribution in [2.75, 3.05) is 56.7 Å². The molecule has 3 rings (SSSR count). The molecule has 1 saturated heterocycles. The first-order chi connectivity index (χ1) is 14.0. The van der Waals surface area contributed by atoms with Crippen LogP contribution in [0.1, 0.15) is 6.92 Å². The second-order valence-corrected chi connectivity index (χ2v) is 7.13. The van der Waals surface area contributed by atoms with E-state index in [1.54, 1.807) is 25.3 Å². The van der Waals surface area contributed by atoms with Crippen LogP contribution in [0.15, 0.2) is 48.5 Å². The molecule has 0 saturated carbocycles. The summed E-state index contributed by atoms with van der Waals surface area (Å²) in [5.41, 5.74) is 1.88. The van der Waals surface area contributed by atoms with Crippen LogP contribution in [0.4, 0.5) is 11.4 Å². The highest BCUT2D eigenvalue weighted by Gasteiger charge is 2.20. The van der Waals surface area contributed by atoms with Crippen molar-refractivity contribution in [2.24, 2.45) is 0 Å². The monoisotopic (exact) mass is 399 g/mol. The van der Waals surface area contributed by atoms with Gasteiger partial charge in [-0.1, -0.05) is 18.2 Å². The normalized spacial score (nSPS) is 15.6. The molecule has 0 spiro atoms. The van der Waals surface area contributed by atoms with Crippen molar-refractivity contribution in [3.63, 3.8) is 0 Å². The number of ether oxygens (including phenoxy) is 2. The van der Waals surface area contributed by atoms with Crippen molar-refractivity contribution in [1.82, 2.24) is 4.90 Å². The van der Waals surface area contributed by atoms with E-state index in [4.69, 9.17) is 9.47 Å². The summed E-state index contributed by atoms with van der Waals surface area (Å²) in [7, 11) is 1.54. The van der Waals surface area contributed by atoms with Crippen molar-refractivity contribution in [3.8, 4) is 11.5 Å². The molecular formula is C22H29N3O4. The van der Waals surface area contributed by atoms with Crippen molar-refractivity contribution >= 4 is 17.3 Å². The second-order valence-electron chi connectivity index (χ2n) is 7.13. The van der Waals surface area contributed by atoms with Crippen LogP contribution in [-0.4, -0.2) is 68.5 Å². The Bertz CT molecular complexity index is 792. The van der Waals surface area contributed by atoms with E-state index in [9.17, 15) is 9.90 Å². The minimum Gasteiger partial charge on any atom is -0.493 e. The van der Waals surface area contributed by atoms with Crippen LogP contribution >= 0.6 is 0 Å². The van der Waals surface area contributed by atoms with Crippen molar-refractivity contribution in [1.29, 1.82) is 0 Å². The standard InChI is InChI=1S/C22H29N3O4/c1-17(26)23-18-8-9-21(22(14-18)28-2)29-16-20(27)15-24-10-12-25(13-11-24)19-6-4-3-5-7-19/h3-9,14,20,27H,10-13,15-16H2,1-2H3,(H,23,26). The maximum Gasteiger partial charge on any atom is 0.221 e. The van der Waals surface area contributed by atoms with Gasteiger partial charge in [0.05, 0.1) is 7.11 Å². The van der Waals surface area contributed by atoms with E-state index >= 15 is 0 Å². The minimum atomic E-state index is -0.599. The molecule has 2 N–H and O–H groups in total. The van der Waals surface area contributed by atoms with Crippen molar-refractivity contribution in [2.45, 2.75) is 13.0 Å². The minimum absolute atomic E-state index is 0.150. The summed E-state index contributed by atoms with van der Waals surface area (Å²) < 4.78 is 11.1. The highest BCUT2D eigenvalue weighted by Crippen LogP contribution is 2.30. The van der Waals surface area contributed by atoms with E-state index in [-0.39, 0.29) is 12.5 Å². The highest BCUT2D eigenvalue weighted by molar-refractivity contribution is 5.89. The lowest BCUT2D eigenvalue weighted by Gasteiger charge is -2.36. The number of β-amino-alcohol motifs (C(OH)–C–C–N with tert-alkyl or cyclic N) is 1. The molecule has 0 aromatic heterocycles. The topological polar surface area (TPSA) is 74.3 Å². The Labute approximate surface area is 171 Å². The van der Waals surface area contributed by atoms with Gasteiger partial charge in [0.25, 0.3) is 0 Å². The van der Waals surface area contributed by atoms with Crippen LogP contribution in [0, 0.1) is 0 Å². The third-order valence-corrected chi connectivity index (χ3v) is 4.88. The third kappa shape index (κ3) is 6.10. The van der Waals surface area contributed by atoms with Gasteiger partial charge >= 0.3 is 0 Å². The van der Waals surface area contributed by atoms with Gasteiger partial charge in [0.1, 0.15) is 12.7 Å². The summed E-state index contributed by atoms with van der Waals surface area (Å²) in [6.07, 6.45) is -0.599. The number of para-hydroxylation sites is 1. The second kappa shape index (κ2) is 10.1. The lowest BCUT2D eigenvalue weighted by atomic mass is 10.2. The predicted molar refractivity (Wildman–Crippen MR) is 114 cm³/mol. The average Bonchev–Trinajstić information content (AvgIpc) is 2.73. The Morgan fingerprint density at radius 3 is 2.48 bits per heavy atom. The number of nitrogens with one attached hydrogen (secondary N) is 1.